The highest BCUT2D eigenvalue weighted by Crippen LogP contribution is 2.24. The molecule has 0 saturated heterocycles. The standard InChI is InChI=1S/C15H22N2O3S/c1-10-3-6-12(7-4-10)17-15(18)14-9-13(21(16,19)20)8-5-11(14)2/h5,8-10,12H,3-4,6-7H2,1-2H3,(H,17,18)(H2,16,19,20). The van der Waals surface area contributed by atoms with Crippen LogP contribution in [0.25, 0.3) is 0 Å². The second-order valence-electron chi connectivity index (χ2n) is 5.95. The van der Waals surface area contributed by atoms with Gasteiger partial charge in [-0.2, -0.15) is 0 Å². The lowest BCUT2D eigenvalue weighted by Crippen LogP contribution is -2.37. The average molecular weight is 310 g/mol. The van der Waals surface area contributed by atoms with Gasteiger partial charge in [0.2, 0.25) is 10.0 Å². The maximum absolute atomic E-state index is 12.3. The molecule has 1 aromatic carbocycles. The minimum Gasteiger partial charge on any atom is -0.349 e. The topological polar surface area (TPSA) is 89.3 Å². The third kappa shape index (κ3) is 4.04. The van der Waals surface area contributed by atoms with E-state index in [4.69, 9.17) is 5.14 Å². The molecule has 5 nitrogen and oxygen atoms in total. The van der Waals surface area contributed by atoms with Gasteiger partial charge in [0.05, 0.1) is 4.90 Å². The fourth-order valence-electron chi connectivity index (χ4n) is 2.69. The van der Waals surface area contributed by atoms with Crippen molar-refractivity contribution in [3.8, 4) is 0 Å². The lowest BCUT2D eigenvalue weighted by molar-refractivity contribution is 0.0922. The molecule has 1 aliphatic carbocycles. The second kappa shape index (κ2) is 6.15. The molecule has 6 heteroatoms. The Morgan fingerprint density at radius 2 is 1.86 bits per heavy atom. The SMILES string of the molecule is Cc1ccc(S(N)(=O)=O)cc1C(=O)NC1CCC(C)CC1. The van der Waals surface area contributed by atoms with Gasteiger partial charge in [-0.25, -0.2) is 13.6 Å². The molecular formula is C15H22N2O3S. The van der Waals surface area contributed by atoms with Gasteiger partial charge in [-0.1, -0.05) is 13.0 Å². The molecule has 1 aromatic rings. The van der Waals surface area contributed by atoms with Crippen LogP contribution in [0.1, 0.15) is 48.5 Å². The van der Waals surface area contributed by atoms with Gasteiger partial charge >= 0.3 is 0 Å². The van der Waals surface area contributed by atoms with E-state index in [1.165, 1.54) is 12.1 Å². The first-order valence-electron chi connectivity index (χ1n) is 7.21. The van der Waals surface area contributed by atoms with Crippen molar-refractivity contribution in [1.29, 1.82) is 0 Å². The molecule has 0 aromatic heterocycles. The molecular weight excluding hydrogens is 288 g/mol. The fourth-order valence-corrected chi connectivity index (χ4v) is 3.23. The minimum absolute atomic E-state index is 0.0319. The lowest BCUT2D eigenvalue weighted by Gasteiger charge is -2.27. The molecule has 1 saturated carbocycles. The molecule has 0 bridgehead atoms. The Labute approximate surface area is 126 Å². The number of carbonyl (C=O) groups is 1. The Hall–Kier alpha value is -1.40. The maximum atomic E-state index is 12.3. The Morgan fingerprint density at radius 1 is 1.24 bits per heavy atom. The van der Waals surface area contributed by atoms with Crippen LogP contribution >= 0.6 is 0 Å². The highest BCUT2D eigenvalue weighted by Gasteiger charge is 2.21. The molecule has 0 unspecified atom stereocenters. The molecule has 1 aliphatic rings. The van der Waals surface area contributed by atoms with E-state index in [9.17, 15) is 13.2 Å². The summed E-state index contributed by atoms with van der Waals surface area (Å²) in [5, 5.41) is 8.12. The van der Waals surface area contributed by atoms with Crippen molar-refractivity contribution in [3.05, 3.63) is 29.3 Å². The van der Waals surface area contributed by atoms with Crippen molar-refractivity contribution in [2.24, 2.45) is 11.1 Å². The van der Waals surface area contributed by atoms with E-state index in [0.717, 1.165) is 31.2 Å². The van der Waals surface area contributed by atoms with E-state index in [1.807, 2.05) is 0 Å². The molecule has 3 N–H and O–H groups in total. The van der Waals surface area contributed by atoms with E-state index in [2.05, 4.69) is 12.2 Å². The molecule has 0 heterocycles. The van der Waals surface area contributed by atoms with Crippen molar-refractivity contribution in [3.63, 3.8) is 0 Å². The first-order chi connectivity index (χ1) is 9.77. The first-order valence-corrected chi connectivity index (χ1v) is 8.76. The quantitative estimate of drug-likeness (QED) is 0.894. The second-order valence-corrected chi connectivity index (χ2v) is 7.51. The van der Waals surface area contributed by atoms with Crippen LogP contribution in [-0.4, -0.2) is 20.4 Å². The van der Waals surface area contributed by atoms with Crippen LogP contribution < -0.4 is 10.5 Å². The third-order valence-electron chi connectivity index (χ3n) is 4.13. The van der Waals surface area contributed by atoms with Gasteiger partial charge in [0, 0.05) is 11.6 Å². The number of nitrogens with one attached hydrogen (secondary N) is 1. The smallest absolute Gasteiger partial charge is 0.251 e. The number of aryl methyl sites for hydroxylation is 1. The van der Waals surface area contributed by atoms with E-state index in [0.29, 0.717) is 11.5 Å². The Bertz CT molecular complexity index is 632. The Morgan fingerprint density at radius 3 is 2.43 bits per heavy atom. The predicted octanol–water partition coefficient (Wildman–Crippen LogP) is 1.95. The van der Waals surface area contributed by atoms with Crippen LogP contribution in [0.3, 0.4) is 0 Å². The largest absolute Gasteiger partial charge is 0.349 e. The van der Waals surface area contributed by atoms with Crippen molar-refractivity contribution in [1.82, 2.24) is 5.32 Å². The molecule has 0 atom stereocenters. The summed E-state index contributed by atoms with van der Waals surface area (Å²) in [7, 11) is -3.80. The van der Waals surface area contributed by atoms with Gasteiger partial charge in [-0.3, -0.25) is 4.79 Å². The van der Waals surface area contributed by atoms with E-state index in [-0.39, 0.29) is 16.8 Å². The van der Waals surface area contributed by atoms with Gasteiger partial charge in [-0.05, 0) is 56.2 Å². The number of primary sulfonamides is 1. The molecule has 1 fully saturated rings. The number of rotatable bonds is 3. The zero-order chi connectivity index (χ0) is 15.6. The maximum Gasteiger partial charge on any atom is 0.251 e. The Balaban J connectivity index is 2.15. The summed E-state index contributed by atoms with van der Waals surface area (Å²) in [4.78, 5) is 12.3. The average Bonchev–Trinajstić information content (AvgIpc) is 2.40. The van der Waals surface area contributed by atoms with Crippen molar-refractivity contribution in [2.75, 3.05) is 0 Å². The monoisotopic (exact) mass is 310 g/mol. The van der Waals surface area contributed by atoms with Gasteiger partial charge < -0.3 is 5.32 Å². The molecule has 0 aliphatic heterocycles. The molecule has 0 spiro atoms. The molecule has 116 valence electrons. The highest BCUT2D eigenvalue weighted by molar-refractivity contribution is 7.89. The molecule has 1 amide bonds. The van der Waals surface area contributed by atoms with Crippen molar-refractivity contribution < 1.29 is 13.2 Å². The number of hydrogen-bond acceptors (Lipinski definition) is 3. The lowest BCUT2D eigenvalue weighted by atomic mass is 9.87. The molecule has 21 heavy (non-hydrogen) atoms. The molecule has 2 rings (SSSR count). The summed E-state index contributed by atoms with van der Waals surface area (Å²) >= 11 is 0. The van der Waals surface area contributed by atoms with Gasteiger partial charge in [-0.15, -0.1) is 0 Å². The van der Waals surface area contributed by atoms with Crippen LogP contribution in [0.2, 0.25) is 0 Å². The number of carbonyl (C=O) groups excluding carboxylic acids is 1. The Kier molecular flexibility index (Phi) is 4.68. The minimum atomic E-state index is -3.80. The van der Waals surface area contributed by atoms with E-state index < -0.39 is 10.0 Å². The number of sulfonamides is 1. The summed E-state index contributed by atoms with van der Waals surface area (Å²) in [5.41, 5.74) is 1.12. The number of amides is 1. The number of nitrogens with two attached hydrogens (primary N) is 1. The zero-order valence-electron chi connectivity index (χ0n) is 12.4. The van der Waals surface area contributed by atoms with Crippen LogP contribution in [0.5, 0.6) is 0 Å². The third-order valence-corrected chi connectivity index (χ3v) is 5.04. The van der Waals surface area contributed by atoms with Gasteiger partial charge in [0.15, 0.2) is 0 Å². The summed E-state index contributed by atoms with van der Waals surface area (Å²) in [6.45, 7) is 4.00. The van der Waals surface area contributed by atoms with Crippen LogP contribution in [0.15, 0.2) is 23.1 Å². The summed E-state index contributed by atoms with van der Waals surface area (Å²) in [5.74, 6) is 0.489. The van der Waals surface area contributed by atoms with Gasteiger partial charge in [0.25, 0.3) is 5.91 Å². The van der Waals surface area contributed by atoms with Crippen molar-refractivity contribution >= 4 is 15.9 Å². The fraction of sp³-hybridized carbons (Fsp3) is 0.533. The number of benzene rings is 1. The van der Waals surface area contributed by atoms with Crippen LogP contribution in [0.4, 0.5) is 0 Å². The number of hydrogen-bond donors (Lipinski definition) is 2. The highest BCUT2D eigenvalue weighted by atomic mass is 32.2. The van der Waals surface area contributed by atoms with Crippen LogP contribution in [-0.2, 0) is 10.0 Å². The zero-order valence-corrected chi connectivity index (χ0v) is 13.2. The summed E-state index contributed by atoms with van der Waals surface area (Å²) < 4.78 is 22.8. The first kappa shape index (κ1) is 16.0. The van der Waals surface area contributed by atoms with E-state index >= 15 is 0 Å². The van der Waals surface area contributed by atoms with Gasteiger partial charge in [0.1, 0.15) is 0 Å². The van der Waals surface area contributed by atoms with E-state index in [1.54, 1.807) is 13.0 Å². The predicted molar refractivity (Wildman–Crippen MR) is 81.4 cm³/mol. The van der Waals surface area contributed by atoms with Crippen molar-refractivity contribution in [2.45, 2.75) is 50.5 Å². The molecule has 0 radical (unpaired) electrons. The summed E-state index contributed by atoms with van der Waals surface area (Å²) in [6, 6.07) is 4.55. The normalized spacial score (nSPS) is 22.8. The van der Waals surface area contributed by atoms with Crippen LogP contribution in [0, 0.1) is 12.8 Å². The summed E-state index contributed by atoms with van der Waals surface area (Å²) in [6.07, 6.45) is 4.17.